The van der Waals surface area contributed by atoms with Crippen molar-refractivity contribution in [3.8, 4) is 0 Å². The molecule has 2 aromatic rings. The normalized spacial score (nSPS) is 18.9. The Morgan fingerprint density at radius 1 is 1.37 bits per heavy atom. The number of fused-ring (bicyclic) bond motifs is 1. The van der Waals surface area contributed by atoms with Gasteiger partial charge in [0.15, 0.2) is 0 Å². The first-order valence-corrected chi connectivity index (χ1v) is 6.54. The Morgan fingerprint density at radius 3 is 3.05 bits per heavy atom. The number of aromatic nitrogens is 1. The number of pyridine rings is 1. The van der Waals surface area contributed by atoms with E-state index in [9.17, 15) is 4.79 Å². The topological polar surface area (TPSA) is 53.4 Å². The fourth-order valence-electron chi connectivity index (χ4n) is 2.79. The van der Waals surface area contributed by atoms with Gasteiger partial charge >= 0.3 is 5.97 Å². The van der Waals surface area contributed by atoms with Gasteiger partial charge in [-0.25, -0.2) is 4.98 Å². The van der Waals surface area contributed by atoms with Gasteiger partial charge in [-0.1, -0.05) is 24.3 Å². The Bertz CT molecular complexity index is 607. The van der Waals surface area contributed by atoms with Crippen molar-refractivity contribution in [1.82, 2.24) is 4.98 Å². The number of rotatable bonds is 3. The number of nitrogens with zero attached hydrogens (tertiary/aromatic N) is 2. The highest BCUT2D eigenvalue weighted by Crippen LogP contribution is 2.29. The molecule has 4 heteroatoms. The van der Waals surface area contributed by atoms with Gasteiger partial charge in [-0.3, -0.25) is 4.79 Å². The lowest BCUT2D eigenvalue weighted by Gasteiger charge is -2.19. The largest absolute Gasteiger partial charge is 0.481 e. The van der Waals surface area contributed by atoms with Crippen LogP contribution in [0.25, 0.3) is 10.8 Å². The maximum Gasteiger partial charge on any atom is 0.303 e. The quantitative estimate of drug-likeness (QED) is 0.917. The van der Waals surface area contributed by atoms with Crippen LogP contribution < -0.4 is 4.90 Å². The summed E-state index contributed by atoms with van der Waals surface area (Å²) >= 11 is 0. The molecule has 3 rings (SSSR count). The molecular formula is C15H16N2O2. The lowest BCUT2D eigenvalue weighted by Crippen LogP contribution is -2.21. The van der Waals surface area contributed by atoms with Gasteiger partial charge in [0, 0.05) is 31.1 Å². The van der Waals surface area contributed by atoms with Gasteiger partial charge in [-0.15, -0.1) is 0 Å². The van der Waals surface area contributed by atoms with Crippen LogP contribution in [0.5, 0.6) is 0 Å². The molecule has 0 bridgehead atoms. The molecule has 0 saturated carbocycles. The summed E-state index contributed by atoms with van der Waals surface area (Å²) in [5.41, 5.74) is 0. The Labute approximate surface area is 111 Å². The molecule has 1 atom stereocenters. The fraction of sp³-hybridized carbons (Fsp3) is 0.333. The van der Waals surface area contributed by atoms with Crippen LogP contribution in [0.1, 0.15) is 12.8 Å². The molecule has 1 N–H and O–H groups in total. The zero-order chi connectivity index (χ0) is 13.2. The Balaban J connectivity index is 1.87. The molecule has 1 unspecified atom stereocenters. The van der Waals surface area contributed by atoms with Crippen LogP contribution in [-0.4, -0.2) is 29.1 Å². The predicted octanol–water partition coefficient (Wildman–Crippen LogP) is 2.54. The molecule has 1 aromatic carbocycles. The van der Waals surface area contributed by atoms with Gasteiger partial charge in [0.05, 0.1) is 0 Å². The minimum atomic E-state index is -0.710. The number of anilines is 1. The summed E-state index contributed by atoms with van der Waals surface area (Å²) in [5, 5.41) is 11.2. The monoisotopic (exact) mass is 256 g/mol. The summed E-state index contributed by atoms with van der Waals surface area (Å²) in [6, 6.07) is 10.2. The van der Waals surface area contributed by atoms with E-state index in [1.54, 1.807) is 0 Å². The van der Waals surface area contributed by atoms with E-state index in [0.717, 1.165) is 30.7 Å². The van der Waals surface area contributed by atoms with E-state index in [2.05, 4.69) is 22.0 Å². The Morgan fingerprint density at radius 2 is 2.21 bits per heavy atom. The van der Waals surface area contributed by atoms with Crippen molar-refractivity contribution < 1.29 is 9.90 Å². The molecule has 1 saturated heterocycles. The first kappa shape index (κ1) is 12.0. The number of carboxylic acids is 1. The molecule has 1 aromatic heterocycles. The first-order chi connectivity index (χ1) is 9.24. The lowest BCUT2D eigenvalue weighted by atomic mass is 10.1. The van der Waals surface area contributed by atoms with Gasteiger partial charge in [0.25, 0.3) is 0 Å². The van der Waals surface area contributed by atoms with E-state index in [0.29, 0.717) is 0 Å². The van der Waals surface area contributed by atoms with Crippen LogP contribution >= 0.6 is 0 Å². The molecule has 0 spiro atoms. The zero-order valence-corrected chi connectivity index (χ0v) is 10.6. The van der Waals surface area contributed by atoms with Crippen LogP contribution in [0.4, 0.5) is 5.82 Å². The van der Waals surface area contributed by atoms with Crippen molar-refractivity contribution in [1.29, 1.82) is 0 Å². The minimum Gasteiger partial charge on any atom is -0.481 e. The third kappa shape index (κ3) is 2.38. The highest BCUT2D eigenvalue weighted by Gasteiger charge is 2.26. The van der Waals surface area contributed by atoms with E-state index < -0.39 is 5.97 Å². The maximum atomic E-state index is 10.8. The smallest absolute Gasteiger partial charge is 0.303 e. The summed E-state index contributed by atoms with van der Waals surface area (Å²) in [4.78, 5) is 17.5. The van der Waals surface area contributed by atoms with Crippen molar-refractivity contribution in [3.05, 3.63) is 36.5 Å². The molecule has 2 heterocycles. The van der Waals surface area contributed by atoms with Gasteiger partial charge < -0.3 is 10.0 Å². The number of benzene rings is 1. The van der Waals surface area contributed by atoms with Crippen molar-refractivity contribution in [2.24, 2.45) is 5.92 Å². The van der Waals surface area contributed by atoms with Crippen molar-refractivity contribution in [2.45, 2.75) is 12.8 Å². The van der Waals surface area contributed by atoms with Crippen molar-refractivity contribution in [2.75, 3.05) is 18.0 Å². The summed E-state index contributed by atoms with van der Waals surface area (Å²) in [5.74, 6) is 0.502. The minimum absolute atomic E-state index is 0.235. The molecule has 4 nitrogen and oxygen atoms in total. The van der Waals surface area contributed by atoms with E-state index in [1.165, 1.54) is 5.39 Å². The molecule has 19 heavy (non-hydrogen) atoms. The van der Waals surface area contributed by atoms with Gasteiger partial charge in [-0.2, -0.15) is 0 Å². The summed E-state index contributed by atoms with van der Waals surface area (Å²) in [6.45, 7) is 1.67. The zero-order valence-electron chi connectivity index (χ0n) is 10.6. The average Bonchev–Trinajstić information content (AvgIpc) is 2.85. The number of hydrogen-bond donors (Lipinski definition) is 1. The molecule has 1 aliphatic heterocycles. The Kier molecular flexibility index (Phi) is 3.07. The average molecular weight is 256 g/mol. The highest BCUT2D eigenvalue weighted by molar-refractivity contribution is 5.92. The van der Waals surface area contributed by atoms with Gasteiger partial charge in [-0.05, 0) is 23.8 Å². The first-order valence-electron chi connectivity index (χ1n) is 6.54. The molecule has 0 aliphatic carbocycles. The highest BCUT2D eigenvalue weighted by atomic mass is 16.4. The van der Waals surface area contributed by atoms with Crippen molar-refractivity contribution >= 4 is 22.6 Å². The van der Waals surface area contributed by atoms with Crippen LogP contribution in [0, 0.1) is 5.92 Å². The molecule has 0 amide bonds. The third-order valence-corrected chi connectivity index (χ3v) is 3.70. The SMILES string of the molecule is O=C(O)CC1CCN(c2nccc3ccccc23)C1. The molecule has 98 valence electrons. The maximum absolute atomic E-state index is 10.8. The Hall–Kier alpha value is -2.10. The van der Waals surface area contributed by atoms with E-state index in [-0.39, 0.29) is 12.3 Å². The second kappa shape index (κ2) is 4.88. The fourth-order valence-corrected chi connectivity index (χ4v) is 2.79. The van der Waals surface area contributed by atoms with Crippen molar-refractivity contribution in [3.63, 3.8) is 0 Å². The summed E-state index contributed by atoms with van der Waals surface area (Å²) < 4.78 is 0. The second-order valence-corrected chi connectivity index (χ2v) is 5.05. The van der Waals surface area contributed by atoms with Crippen LogP contribution in [0.3, 0.4) is 0 Å². The molecule has 1 fully saturated rings. The number of aliphatic carboxylic acids is 1. The van der Waals surface area contributed by atoms with E-state index >= 15 is 0 Å². The lowest BCUT2D eigenvalue weighted by molar-refractivity contribution is -0.137. The number of carbonyl (C=O) groups is 1. The molecular weight excluding hydrogens is 240 g/mol. The predicted molar refractivity (Wildman–Crippen MR) is 74.3 cm³/mol. The summed E-state index contributed by atoms with van der Waals surface area (Å²) in [7, 11) is 0. The van der Waals surface area contributed by atoms with Crippen LogP contribution in [-0.2, 0) is 4.79 Å². The number of hydrogen-bond acceptors (Lipinski definition) is 3. The standard InChI is InChI=1S/C15H16N2O2/c18-14(19)9-11-6-8-17(10-11)15-13-4-2-1-3-12(13)5-7-16-15/h1-5,7,11H,6,8-10H2,(H,18,19). The van der Waals surface area contributed by atoms with Gasteiger partial charge in [0.1, 0.15) is 5.82 Å². The van der Waals surface area contributed by atoms with Crippen LogP contribution in [0.15, 0.2) is 36.5 Å². The van der Waals surface area contributed by atoms with E-state index in [1.807, 2.05) is 24.4 Å². The molecule has 0 radical (unpaired) electrons. The second-order valence-electron chi connectivity index (χ2n) is 5.05. The number of carboxylic acid groups (broad SMARTS) is 1. The van der Waals surface area contributed by atoms with Crippen LogP contribution in [0.2, 0.25) is 0 Å². The molecule has 1 aliphatic rings. The van der Waals surface area contributed by atoms with E-state index in [4.69, 9.17) is 5.11 Å². The summed E-state index contributed by atoms with van der Waals surface area (Å²) in [6.07, 6.45) is 3.00. The third-order valence-electron chi connectivity index (χ3n) is 3.70. The van der Waals surface area contributed by atoms with Gasteiger partial charge in [0.2, 0.25) is 0 Å².